The molecular formula is C27H25N3O4. The lowest BCUT2D eigenvalue weighted by Crippen LogP contribution is -2.44. The molecule has 0 bridgehead atoms. The van der Waals surface area contributed by atoms with E-state index in [0.717, 1.165) is 16.5 Å². The van der Waals surface area contributed by atoms with Gasteiger partial charge in [0, 0.05) is 35.4 Å². The molecule has 0 fully saturated rings. The number of likely N-dealkylation sites (N-methyl/N-ethyl adjacent to an activating group) is 1. The summed E-state index contributed by atoms with van der Waals surface area (Å²) >= 11 is 0. The van der Waals surface area contributed by atoms with Gasteiger partial charge in [-0.05, 0) is 53.6 Å². The number of ether oxygens (including phenoxy) is 2. The van der Waals surface area contributed by atoms with Gasteiger partial charge in [0.2, 0.25) is 5.91 Å². The molecule has 1 aliphatic rings. The second-order valence-electron chi connectivity index (χ2n) is 8.31. The van der Waals surface area contributed by atoms with Crippen LogP contribution in [-0.4, -0.2) is 43.0 Å². The van der Waals surface area contributed by atoms with Gasteiger partial charge in [-0.1, -0.05) is 24.3 Å². The zero-order chi connectivity index (χ0) is 23.8. The van der Waals surface area contributed by atoms with E-state index in [1.54, 1.807) is 38.3 Å². The van der Waals surface area contributed by atoms with E-state index < -0.39 is 12.0 Å². The number of anilines is 1. The van der Waals surface area contributed by atoms with E-state index in [2.05, 4.69) is 10.3 Å². The third kappa shape index (κ3) is 3.55. The minimum atomic E-state index is -0.626. The Balaban J connectivity index is 1.60. The summed E-state index contributed by atoms with van der Waals surface area (Å²) in [5.74, 6) is 0.169. The minimum absolute atomic E-state index is 0.131. The molecule has 2 heterocycles. The molecule has 5 rings (SSSR count). The molecule has 0 radical (unpaired) electrons. The molecule has 1 aliphatic heterocycles. The van der Waals surface area contributed by atoms with Gasteiger partial charge in [0.25, 0.3) is 5.91 Å². The first kappa shape index (κ1) is 21.6. The number of carbonyl (C=O) groups excluding carboxylic acids is 2. The number of nitrogens with one attached hydrogen (secondary N) is 2. The van der Waals surface area contributed by atoms with Crippen LogP contribution in [0.25, 0.3) is 10.9 Å². The van der Waals surface area contributed by atoms with Gasteiger partial charge in [-0.25, -0.2) is 0 Å². The third-order valence-corrected chi connectivity index (χ3v) is 6.43. The number of rotatable bonds is 5. The van der Waals surface area contributed by atoms with E-state index in [4.69, 9.17) is 9.47 Å². The van der Waals surface area contributed by atoms with Crippen LogP contribution in [0.4, 0.5) is 5.69 Å². The molecule has 2 N–H and O–H groups in total. The van der Waals surface area contributed by atoms with Crippen molar-refractivity contribution in [3.63, 3.8) is 0 Å². The number of hydrogen-bond donors (Lipinski definition) is 2. The van der Waals surface area contributed by atoms with Gasteiger partial charge in [-0.2, -0.15) is 0 Å². The lowest BCUT2D eigenvalue weighted by Gasteiger charge is -2.40. The highest BCUT2D eigenvalue weighted by Gasteiger charge is 2.42. The van der Waals surface area contributed by atoms with Gasteiger partial charge in [-0.3, -0.25) is 9.59 Å². The third-order valence-electron chi connectivity index (χ3n) is 6.43. The Bertz CT molecular complexity index is 1390. The van der Waals surface area contributed by atoms with Gasteiger partial charge in [0.1, 0.15) is 0 Å². The average molecular weight is 456 g/mol. The summed E-state index contributed by atoms with van der Waals surface area (Å²) in [5, 5.41) is 4.08. The zero-order valence-electron chi connectivity index (χ0n) is 19.2. The Morgan fingerprint density at radius 3 is 2.56 bits per heavy atom. The van der Waals surface area contributed by atoms with Gasteiger partial charge in [0.05, 0.1) is 26.2 Å². The first-order valence-electron chi connectivity index (χ1n) is 11.0. The molecule has 0 aliphatic carbocycles. The molecule has 2 atom stereocenters. The van der Waals surface area contributed by atoms with Crippen molar-refractivity contribution in [2.75, 3.05) is 26.6 Å². The average Bonchev–Trinajstić information content (AvgIpc) is 3.33. The highest BCUT2D eigenvalue weighted by molar-refractivity contribution is 6.04. The molecule has 34 heavy (non-hydrogen) atoms. The number of benzene rings is 3. The minimum Gasteiger partial charge on any atom is -0.493 e. The summed E-state index contributed by atoms with van der Waals surface area (Å²) in [6, 6.07) is 19.9. The molecule has 0 unspecified atom stereocenters. The maximum Gasteiger partial charge on any atom is 0.254 e. The lowest BCUT2D eigenvalue weighted by molar-refractivity contribution is -0.119. The number of aromatic amines is 1. The van der Waals surface area contributed by atoms with Crippen LogP contribution in [0.15, 0.2) is 72.9 Å². The fraction of sp³-hybridized carbons (Fsp3) is 0.185. The van der Waals surface area contributed by atoms with Gasteiger partial charge in [-0.15, -0.1) is 0 Å². The molecule has 3 aromatic carbocycles. The number of amides is 2. The number of aromatic nitrogens is 1. The van der Waals surface area contributed by atoms with Crippen LogP contribution < -0.4 is 14.8 Å². The summed E-state index contributed by atoms with van der Waals surface area (Å²) in [4.78, 5) is 31.8. The van der Waals surface area contributed by atoms with Crippen molar-refractivity contribution in [2.45, 2.75) is 12.0 Å². The van der Waals surface area contributed by atoms with Crippen LogP contribution in [0.1, 0.15) is 33.4 Å². The quantitative estimate of drug-likeness (QED) is 0.456. The van der Waals surface area contributed by atoms with Crippen LogP contribution in [-0.2, 0) is 4.79 Å². The van der Waals surface area contributed by atoms with E-state index >= 15 is 0 Å². The normalized spacial score (nSPS) is 17.4. The van der Waals surface area contributed by atoms with Crippen LogP contribution >= 0.6 is 0 Å². The van der Waals surface area contributed by atoms with Crippen molar-refractivity contribution in [1.82, 2.24) is 9.88 Å². The van der Waals surface area contributed by atoms with Crippen molar-refractivity contribution in [1.29, 1.82) is 0 Å². The summed E-state index contributed by atoms with van der Waals surface area (Å²) < 4.78 is 10.9. The fourth-order valence-corrected chi connectivity index (χ4v) is 4.76. The molecule has 0 saturated carbocycles. The fourth-order valence-electron chi connectivity index (χ4n) is 4.76. The van der Waals surface area contributed by atoms with E-state index in [9.17, 15) is 9.59 Å². The van der Waals surface area contributed by atoms with Crippen LogP contribution in [0.5, 0.6) is 11.5 Å². The molecule has 4 aromatic rings. The standard InChI is InChI=1S/C27H25N3O4/c1-30-25(17-8-11-22(33-2)23(15-17)34-3)24(19-6-4-5-7-20(19)27(30)32)26(31)29-18-9-10-21-16(14-18)12-13-28-21/h4-15,24-25,28H,1-3H3,(H,29,31)/t24-,25-/m0/s1. The van der Waals surface area contributed by atoms with E-state index in [1.807, 2.05) is 60.8 Å². The van der Waals surface area contributed by atoms with Gasteiger partial charge >= 0.3 is 0 Å². The summed E-state index contributed by atoms with van der Waals surface area (Å²) in [7, 11) is 4.86. The second-order valence-corrected chi connectivity index (χ2v) is 8.31. The highest BCUT2D eigenvalue weighted by atomic mass is 16.5. The zero-order valence-corrected chi connectivity index (χ0v) is 19.2. The molecule has 0 spiro atoms. The molecule has 7 nitrogen and oxygen atoms in total. The summed E-state index contributed by atoms with van der Waals surface area (Å²) in [5.41, 5.74) is 3.70. The molecule has 1 aromatic heterocycles. The molecule has 7 heteroatoms. The number of fused-ring (bicyclic) bond motifs is 2. The van der Waals surface area contributed by atoms with E-state index in [-0.39, 0.29) is 11.8 Å². The predicted octanol–water partition coefficient (Wildman–Crippen LogP) is 4.73. The number of H-pyrrole nitrogens is 1. The first-order valence-corrected chi connectivity index (χ1v) is 11.0. The Morgan fingerprint density at radius 2 is 1.76 bits per heavy atom. The molecule has 0 saturated heterocycles. The highest BCUT2D eigenvalue weighted by Crippen LogP contribution is 2.44. The smallest absolute Gasteiger partial charge is 0.254 e. The van der Waals surface area contributed by atoms with Crippen LogP contribution in [0, 0.1) is 0 Å². The van der Waals surface area contributed by atoms with E-state index in [0.29, 0.717) is 28.3 Å². The molecule has 172 valence electrons. The maximum atomic E-state index is 13.8. The molecular weight excluding hydrogens is 430 g/mol. The Morgan fingerprint density at radius 1 is 0.971 bits per heavy atom. The number of nitrogens with zero attached hydrogens (tertiary/aromatic N) is 1. The number of carbonyl (C=O) groups is 2. The largest absolute Gasteiger partial charge is 0.493 e. The van der Waals surface area contributed by atoms with Crippen molar-refractivity contribution < 1.29 is 19.1 Å². The number of hydrogen-bond acceptors (Lipinski definition) is 4. The lowest BCUT2D eigenvalue weighted by atomic mass is 9.79. The summed E-state index contributed by atoms with van der Waals surface area (Å²) in [6.45, 7) is 0. The van der Waals surface area contributed by atoms with Crippen molar-refractivity contribution in [2.24, 2.45) is 0 Å². The van der Waals surface area contributed by atoms with E-state index in [1.165, 1.54) is 0 Å². The topological polar surface area (TPSA) is 83.7 Å². The van der Waals surface area contributed by atoms with Gasteiger partial charge < -0.3 is 24.7 Å². The van der Waals surface area contributed by atoms with Crippen molar-refractivity contribution in [3.8, 4) is 11.5 Å². The Kier molecular flexibility index (Phi) is 5.45. The summed E-state index contributed by atoms with van der Waals surface area (Å²) in [6.07, 6.45) is 1.86. The van der Waals surface area contributed by atoms with Gasteiger partial charge in [0.15, 0.2) is 11.5 Å². The van der Waals surface area contributed by atoms with Crippen LogP contribution in [0.2, 0.25) is 0 Å². The van der Waals surface area contributed by atoms with Crippen molar-refractivity contribution >= 4 is 28.4 Å². The Labute approximate surface area is 197 Å². The first-order chi connectivity index (χ1) is 16.5. The SMILES string of the molecule is COc1ccc([C@H]2[C@@H](C(=O)Nc3ccc4[nH]ccc4c3)c3ccccc3C(=O)N2C)cc1OC. The Hall–Kier alpha value is -4.26. The number of methoxy groups -OCH3 is 2. The van der Waals surface area contributed by atoms with Crippen molar-refractivity contribution in [3.05, 3.63) is 89.6 Å². The van der Waals surface area contributed by atoms with Crippen LogP contribution in [0.3, 0.4) is 0 Å². The predicted molar refractivity (Wildman–Crippen MR) is 130 cm³/mol. The maximum absolute atomic E-state index is 13.8. The monoisotopic (exact) mass is 455 g/mol. The molecule has 2 amide bonds. The second kappa shape index (κ2) is 8.59.